The number of rotatable bonds is 1. The second-order valence-corrected chi connectivity index (χ2v) is 4.40. The van der Waals surface area contributed by atoms with Crippen LogP contribution in [0.25, 0.3) is 0 Å². The fourth-order valence-corrected chi connectivity index (χ4v) is 2.31. The van der Waals surface area contributed by atoms with E-state index in [1.807, 2.05) is 18.2 Å². The summed E-state index contributed by atoms with van der Waals surface area (Å²) in [4.78, 5) is 11.7. The second-order valence-electron chi connectivity index (χ2n) is 3.55. The molecule has 2 nitrogen and oxygen atoms in total. The van der Waals surface area contributed by atoms with Crippen LogP contribution in [0.3, 0.4) is 0 Å². The zero-order chi connectivity index (χ0) is 10.1. The van der Waals surface area contributed by atoms with Gasteiger partial charge in [0.1, 0.15) is 0 Å². The molecule has 0 aliphatic carbocycles. The summed E-state index contributed by atoms with van der Waals surface area (Å²) in [5.74, 6) is 0.0550. The van der Waals surface area contributed by atoms with Gasteiger partial charge in [0.25, 0.3) is 5.91 Å². The predicted molar refractivity (Wildman–Crippen MR) is 59.4 cm³/mol. The lowest BCUT2D eigenvalue weighted by Gasteiger charge is -2.25. The number of benzene rings is 1. The Morgan fingerprint density at radius 1 is 1.57 bits per heavy atom. The molecule has 0 bridgehead atoms. The first-order valence-electron chi connectivity index (χ1n) is 4.80. The molecule has 0 aromatic heterocycles. The molecule has 74 valence electrons. The smallest absolute Gasteiger partial charge is 0.251 e. The van der Waals surface area contributed by atoms with Crippen molar-refractivity contribution in [2.45, 2.75) is 25.8 Å². The normalized spacial score (nSPS) is 20.1. The minimum atomic E-state index is 0.0550. The van der Waals surface area contributed by atoms with Crippen LogP contribution in [0.2, 0.25) is 0 Å². The largest absolute Gasteiger partial charge is 0.349 e. The van der Waals surface area contributed by atoms with Gasteiger partial charge in [-0.05, 0) is 30.5 Å². The zero-order valence-corrected chi connectivity index (χ0v) is 9.60. The highest BCUT2D eigenvalue weighted by molar-refractivity contribution is 9.10. The quantitative estimate of drug-likeness (QED) is 0.819. The molecule has 2 rings (SSSR count). The van der Waals surface area contributed by atoms with Gasteiger partial charge in [-0.15, -0.1) is 0 Å². The van der Waals surface area contributed by atoms with Crippen LogP contribution in [0.1, 0.15) is 29.3 Å². The summed E-state index contributed by atoms with van der Waals surface area (Å²) in [5.41, 5.74) is 1.95. The van der Waals surface area contributed by atoms with Crippen molar-refractivity contribution in [2.75, 3.05) is 0 Å². The molecule has 1 amide bonds. The average Bonchev–Trinajstić information content (AvgIpc) is 2.19. The molecule has 0 fully saturated rings. The summed E-state index contributed by atoms with van der Waals surface area (Å²) in [6, 6.07) is 6.05. The lowest BCUT2D eigenvalue weighted by molar-refractivity contribution is 0.0924. The number of amides is 1. The topological polar surface area (TPSA) is 29.1 Å². The Bertz CT molecular complexity index is 376. The zero-order valence-electron chi connectivity index (χ0n) is 8.01. The number of halogens is 1. The summed E-state index contributed by atoms with van der Waals surface area (Å²) in [5, 5.41) is 2.99. The van der Waals surface area contributed by atoms with Gasteiger partial charge in [0.15, 0.2) is 0 Å². The summed E-state index contributed by atoms with van der Waals surface area (Å²) in [7, 11) is 0. The van der Waals surface area contributed by atoms with Crippen molar-refractivity contribution in [1.29, 1.82) is 0 Å². The summed E-state index contributed by atoms with van der Waals surface area (Å²) in [6.07, 6.45) is 1.91. The van der Waals surface area contributed by atoms with Gasteiger partial charge in [0.05, 0.1) is 0 Å². The van der Waals surface area contributed by atoms with Gasteiger partial charge < -0.3 is 5.32 Å². The van der Waals surface area contributed by atoms with E-state index in [4.69, 9.17) is 0 Å². The third kappa shape index (κ3) is 1.57. The van der Waals surface area contributed by atoms with Crippen LogP contribution in [0.15, 0.2) is 22.7 Å². The summed E-state index contributed by atoms with van der Waals surface area (Å²) in [6.45, 7) is 2.09. The molecule has 1 aliphatic heterocycles. The van der Waals surface area contributed by atoms with Crippen LogP contribution in [0.4, 0.5) is 0 Å². The minimum absolute atomic E-state index is 0.0550. The summed E-state index contributed by atoms with van der Waals surface area (Å²) >= 11 is 3.49. The van der Waals surface area contributed by atoms with Crippen molar-refractivity contribution < 1.29 is 4.79 Å². The Morgan fingerprint density at radius 2 is 2.36 bits per heavy atom. The van der Waals surface area contributed by atoms with Crippen LogP contribution in [-0.4, -0.2) is 11.9 Å². The van der Waals surface area contributed by atoms with Crippen molar-refractivity contribution in [3.63, 3.8) is 0 Å². The molecule has 0 saturated carbocycles. The van der Waals surface area contributed by atoms with Gasteiger partial charge in [-0.1, -0.05) is 28.9 Å². The van der Waals surface area contributed by atoms with E-state index in [0.29, 0.717) is 0 Å². The molecule has 1 N–H and O–H groups in total. The molecule has 1 aromatic rings. The lowest BCUT2D eigenvalue weighted by Crippen LogP contribution is -2.41. The number of fused-ring (bicyclic) bond motifs is 1. The summed E-state index contributed by atoms with van der Waals surface area (Å²) < 4.78 is 1.04. The number of hydrogen-bond donors (Lipinski definition) is 1. The molecule has 0 radical (unpaired) electrons. The first-order valence-corrected chi connectivity index (χ1v) is 5.60. The van der Waals surface area contributed by atoms with E-state index in [9.17, 15) is 4.79 Å². The van der Waals surface area contributed by atoms with E-state index in [0.717, 1.165) is 28.4 Å². The number of carbonyl (C=O) groups is 1. The minimum Gasteiger partial charge on any atom is -0.349 e. The Morgan fingerprint density at radius 3 is 3.07 bits per heavy atom. The van der Waals surface area contributed by atoms with Gasteiger partial charge in [-0.3, -0.25) is 4.79 Å². The highest BCUT2D eigenvalue weighted by Crippen LogP contribution is 2.25. The van der Waals surface area contributed by atoms with Crippen LogP contribution in [0.5, 0.6) is 0 Å². The fraction of sp³-hybridized carbons (Fsp3) is 0.364. The molecule has 14 heavy (non-hydrogen) atoms. The first-order chi connectivity index (χ1) is 6.72. The Labute approximate surface area is 91.8 Å². The average molecular weight is 254 g/mol. The molecular weight excluding hydrogens is 242 g/mol. The van der Waals surface area contributed by atoms with Crippen molar-refractivity contribution in [2.24, 2.45) is 0 Å². The molecule has 0 saturated heterocycles. The maximum Gasteiger partial charge on any atom is 0.251 e. The number of carbonyl (C=O) groups excluding carboxylic acids is 1. The van der Waals surface area contributed by atoms with E-state index >= 15 is 0 Å². The Balaban J connectivity index is 2.45. The maximum absolute atomic E-state index is 11.7. The monoisotopic (exact) mass is 253 g/mol. The van der Waals surface area contributed by atoms with Gasteiger partial charge >= 0.3 is 0 Å². The molecular formula is C11H12BrNO. The molecule has 0 spiro atoms. The SMILES string of the molecule is CC[C@H]1Cc2c(Br)cccc2C(=O)N1. The predicted octanol–water partition coefficient (Wildman–Crippen LogP) is 2.51. The Kier molecular flexibility index (Phi) is 2.59. The van der Waals surface area contributed by atoms with Crippen molar-refractivity contribution in [3.05, 3.63) is 33.8 Å². The van der Waals surface area contributed by atoms with Crippen LogP contribution in [-0.2, 0) is 6.42 Å². The highest BCUT2D eigenvalue weighted by atomic mass is 79.9. The molecule has 0 unspecified atom stereocenters. The van der Waals surface area contributed by atoms with Gasteiger partial charge in [0, 0.05) is 16.1 Å². The molecule has 1 atom stereocenters. The number of nitrogens with one attached hydrogen (secondary N) is 1. The highest BCUT2D eigenvalue weighted by Gasteiger charge is 2.23. The van der Waals surface area contributed by atoms with Gasteiger partial charge in [0.2, 0.25) is 0 Å². The van der Waals surface area contributed by atoms with E-state index in [1.54, 1.807) is 0 Å². The van der Waals surface area contributed by atoms with Crippen molar-refractivity contribution in [3.8, 4) is 0 Å². The van der Waals surface area contributed by atoms with Gasteiger partial charge in [-0.2, -0.15) is 0 Å². The number of hydrogen-bond acceptors (Lipinski definition) is 1. The van der Waals surface area contributed by atoms with Crippen LogP contribution < -0.4 is 5.32 Å². The molecule has 1 heterocycles. The maximum atomic E-state index is 11.7. The second kappa shape index (κ2) is 3.73. The third-order valence-corrected chi connectivity index (χ3v) is 3.38. The first kappa shape index (κ1) is 9.71. The molecule has 1 aliphatic rings. The standard InChI is InChI=1S/C11H12BrNO/c1-2-7-6-9-8(11(14)13-7)4-3-5-10(9)12/h3-5,7H,2,6H2,1H3,(H,13,14)/t7-/m0/s1. The van der Waals surface area contributed by atoms with E-state index in [-0.39, 0.29) is 11.9 Å². The van der Waals surface area contributed by atoms with Gasteiger partial charge in [-0.25, -0.2) is 0 Å². The third-order valence-electron chi connectivity index (χ3n) is 2.64. The molecule has 1 aromatic carbocycles. The lowest BCUT2D eigenvalue weighted by atomic mass is 9.94. The van der Waals surface area contributed by atoms with E-state index < -0.39 is 0 Å². The van der Waals surface area contributed by atoms with Crippen LogP contribution >= 0.6 is 15.9 Å². The van der Waals surface area contributed by atoms with Crippen molar-refractivity contribution >= 4 is 21.8 Å². The fourth-order valence-electron chi connectivity index (χ4n) is 1.79. The molecule has 3 heteroatoms. The van der Waals surface area contributed by atoms with Crippen LogP contribution in [0, 0.1) is 0 Å². The van der Waals surface area contributed by atoms with E-state index in [2.05, 4.69) is 28.2 Å². The van der Waals surface area contributed by atoms with Crippen molar-refractivity contribution in [1.82, 2.24) is 5.32 Å². The van der Waals surface area contributed by atoms with E-state index in [1.165, 1.54) is 0 Å². The Hall–Kier alpha value is -0.830.